The van der Waals surface area contributed by atoms with Gasteiger partial charge in [0.1, 0.15) is 17.9 Å². The van der Waals surface area contributed by atoms with Crippen molar-refractivity contribution in [1.82, 2.24) is 4.98 Å². The predicted octanol–water partition coefficient (Wildman–Crippen LogP) is 1.98. The summed E-state index contributed by atoms with van der Waals surface area (Å²) in [5.74, 6) is 0.571. The van der Waals surface area contributed by atoms with Crippen molar-refractivity contribution < 1.29 is 18.7 Å². The summed E-state index contributed by atoms with van der Waals surface area (Å²) in [4.78, 5) is 6.48. The zero-order valence-corrected chi connectivity index (χ0v) is 12.7. The number of piperidine rings is 1. The predicted molar refractivity (Wildman–Crippen MR) is 85.2 cm³/mol. The standard InChI is InChI=1S/C16H20FN3O3/c17-8-11(9-18)10-22-13-1-2-14-15(7-13)23-16(19-14)20-5-3-12(21)4-6-20/h1-2,7-8,12,21H,3-6,9-10,18H2/b11-8-. The van der Waals surface area contributed by atoms with Crippen LogP contribution in [0.3, 0.4) is 0 Å². The van der Waals surface area contributed by atoms with Gasteiger partial charge >= 0.3 is 0 Å². The zero-order chi connectivity index (χ0) is 16.2. The van der Waals surface area contributed by atoms with Gasteiger partial charge in [-0.3, -0.25) is 0 Å². The summed E-state index contributed by atoms with van der Waals surface area (Å²) >= 11 is 0. The molecule has 0 amide bonds. The van der Waals surface area contributed by atoms with E-state index in [1.165, 1.54) is 0 Å². The molecule has 0 aliphatic carbocycles. The molecule has 0 unspecified atom stereocenters. The van der Waals surface area contributed by atoms with Crippen molar-refractivity contribution in [2.45, 2.75) is 18.9 Å². The Morgan fingerprint density at radius 3 is 2.96 bits per heavy atom. The van der Waals surface area contributed by atoms with Gasteiger partial charge < -0.3 is 24.9 Å². The number of anilines is 1. The van der Waals surface area contributed by atoms with E-state index in [4.69, 9.17) is 14.9 Å². The van der Waals surface area contributed by atoms with Crippen molar-refractivity contribution in [3.05, 3.63) is 30.1 Å². The van der Waals surface area contributed by atoms with Gasteiger partial charge in [-0.25, -0.2) is 4.39 Å². The lowest BCUT2D eigenvalue weighted by atomic mass is 10.1. The monoisotopic (exact) mass is 321 g/mol. The van der Waals surface area contributed by atoms with Crippen molar-refractivity contribution in [3.63, 3.8) is 0 Å². The van der Waals surface area contributed by atoms with Gasteiger partial charge in [-0.1, -0.05) is 0 Å². The second-order valence-electron chi connectivity index (χ2n) is 5.60. The van der Waals surface area contributed by atoms with Crippen LogP contribution in [0.4, 0.5) is 10.4 Å². The number of nitrogens with two attached hydrogens (primary N) is 1. The molecule has 2 aromatic rings. The summed E-state index contributed by atoms with van der Waals surface area (Å²) in [5, 5.41) is 9.56. The number of aromatic nitrogens is 1. The minimum atomic E-state index is -0.240. The summed E-state index contributed by atoms with van der Waals surface area (Å²) < 4.78 is 23.8. The Hall–Kier alpha value is -2.12. The number of hydrogen-bond donors (Lipinski definition) is 2. The molecule has 0 atom stereocenters. The molecule has 2 heterocycles. The number of rotatable bonds is 5. The third-order valence-corrected chi connectivity index (χ3v) is 3.92. The summed E-state index contributed by atoms with van der Waals surface area (Å²) in [7, 11) is 0. The number of aliphatic hydroxyl groups excluding tert-OH is 1. The number of aliphatic hydroxyl groups is 1. The molecule has 3 N–H and O–H groups in total. The molecule has 1 aliphatic rings. The van der Waals surface area contributed by atoms with E-state index in [0.29, 0.717) is 42.1 Å². The molecule has 7 heteroatoms. The van der Waals surface area contributed by atoms with Crippen LogP contribution in [-0.2, 0) is 0 Å². The van der Waals surface area contributed by atoms with Crippen molar-refractivity contribution in [3.8, 4) is 5.75 Å². The lowest BCUT2D eigenvalue weighted by Crippen LogP contribution is -2.35. The molecule has 6 nitrogen and oxygen atoms in total. The van der Waals surface area contributed by atoms with E-state index < -0.39 is 0 Å². The summed E-state index contributed by atoms with van der Waals surface area (Å²) in [5.41, 5.74) is 7.13. The number of benzene rings is 1. The third kappa shape index (κ3) is 3.62. The van der Waals surface area contributed by atoms with Crippen LogP contribution in [0.5, 0.6) is 5.75 Å². The second kappa shape index (κ2) is 6.97. The third-order valence-electron chi connectivity index (χ3n) is 3.92. The average molecular weight is 321 g/mol. The van der Waals surface area contributed by atoms with Gasteiger partial charge in [0.2, 0.25) is 0 Å². The molecule has 1 aromatic heterocycles. The van der Waals surface area contributed by atoms with Gasteiger partial charge in [0.15, 0.2) is 5.58 Å². The van der Waals surface area contributed by atoms with Gasteiger partial charge in [0.05, 0.1) is 12.4 Å². The number of hydrogen-bond acceptors (Lipinski definition) is 6. The fraction of sp³-hybridized carbons (Fsp3) is 0.438. The Balaban J connectivity index is 1.73. The molecular formula is C16H20FN3O3. The van der Waals surface area contributed by atoms with Gasteiger partial charge in [0.25, 0.3) is 6.01 Å². The average Bonchev–Trinajstić information content (AvgIpc) is 2.99. The molecule has 0 bridgehead atoms. The highest BCUT2D eigenvalue weighted by Crippen LogP contribution is 2.27. The van der Waals surface area contributed by atoms with Crippen molar-refractivity contribution in [2.24, 2.45) is 5.73 Å². The zero-order valence-electron chi connectivity index (χ0n) is 12.7. The highest BCUT2D eigenvalue weighted by Gasteiger charge is 2.21. The minimum absolute atomic E-state index is 0.101. The van der Waals surface area contributed by atoms with Crippen LogP contribution in [0.2, 0.25) is 0 Å². The molecule has 3 rings (SSSR count). The van der Waals surface area contributed by atoms with Crippen LogP contribution in [0, 0.1) is 0 Å². The van der Waals surface area contributed by atoms with Crippen LogP contribution in [0.15, 0.2) is 34.5 Å². The normalized spacial score (nSPS) is 17.0. The van der Waals surface area contributed by atoms with Gasteiger partial charge in [-0.15, -0.1) is 0 Å². The van der Waals surface area contributed by atoms with E-state index in [1.54, 1.807) is 18.2 Å². The Bertz CT molecular complexity index is 693. The van der Waals surface area contributed by atoms with Gasteiger partial charge in [0, 0.05) is 31.3 Å². The van der Waals surface area contributed by atoms with Gasteiger partial charge in [-0.05, 0) is 25.0 Å². The maximum atomic E-state index is 12.5. The van der Waals surface area contributed by atoms with E-state index >= 15 is 0 Å². The minimum Gasteiger partial charge on any atom is -0.489 e. The fourth-order valence-electron chi connectivity index (χ4n) is 2.49. The van der Waals surface area contributed by atoms with Gasteiger partial charge in [-0.2, -0.15) is 4.98 Å². The van der Waals surface area contributed by atoms with E-state index in [1.807, 2.05) is 4.90 Å². The molecular weight excluding hydrogens is 301 g/mol. The number of ether oxygens (including phenoxy) is 1. The molecule has 1 aliphatic heterocycles. The Morgan fingerprint density at radius 1 is 1.48 bits per heavy atom. The van der Waals surface area contributed by atoms with E-state index in [0.717, 1.165) is 18.6 Å². The lowest BCUT2D eigenvalue weighted by Gasteiger charge is -2.27. The highest BCUT2D eigenvalue weighted by atomic mass is 19.1. The van der Waals surface area contributed by atoms with Crippen molar-refractivity contribution in [2.75, 3.05) is 31.1 Å². The van der Waals surface area contributed by atoms with Crippen LogP contribution in [0.1, 0.15) is 12.8 Å². The summed E-state index contributed by atoms with van der Waals surface area (Å²) in [6.07, 6.45) is 1.65. The smallest absolute Gasteiger partial charge is 0.298 e. The second-order valence-corrected chi connectivity index (χ2v) is 5.60. The first-order valence-corrected chi connectivity index (χ1v) is 7.64. The van der Waals surface area contributed by atoms with E-state index in [2.05, 4.69) is 4.98 Å². The van der Waals surface area contributed by atoms with Crippen LogP contribution in [-0.4, -0.2) is 42.4 Å². The quantitative estimate of drug-likeness (QED) is 0.876. The maximum absolute atomic E-state index is 12.5. The molecule has 1 saturated heterocycles. The molecule has 1 fully saturated rings. The fourth-order valence-corrected chi connectivity index (χ4v) is 2.49. The van der Waals surface area contributed by atoms with Crippen LogP contribution in [0.25, 0.3) is 11.1 Å². The first-order chi connectivity index (χ1) is 11.2. The van der Waals surface area contributed by atoms with Crippen LogP contribution < -0.4 is 15.4 Å². The molecule has 0 saturated carbocycles. The number of fused-ring (bicyclic) bond motifs is 1. The van der Waals surface area contributed by atoms with E-state index in [-0.39, 0.29) is 19.3 Å². The molecule has 0 radical (unpaired) electrons. The lowest BCUT2D eigenvalue weighted by molar-refractivity contribution is 0.144. The number of nitrogens with zero attached hydrogens (tertiary/aromatic N) is 2. The highest BCUT2D eigenvalue weighted by molar-refractivity contribution is 5.76. The van der Waals surface area contributed by atoms with E-state index in [9.17, 15) is 9.50 Å². The first kappa shape index (κ1) is 15.8. The molecule has 0 spiro atoms. The largest absolute Gasteiger partial charge is 0.489 e. The Morgan fingerprint density at radius 2 is 2.26 bits per heavy atom. The number of halogens is 1. The topological polar surface area (TPSA) is 84.8 Å². The van der Waals surface area contributed by atoms with Crippen molar-refractivity contribution in [1.29, 1.82) is 0 Å². The summed E-state index contributed by atoms with van der Waals surface area (Å²) in [6, 6.07) is 5.85. The van der Waals surface area contributed by atoms with Crippen molar-refractivity contribution >= 4 is 17.1 Å². The Labute approximate surface area is 133 Å². The molecule has 1 aromatic carbocycles. The summed E-state index contributed by atoms with van der Waals surface area (Å²) in [6.45, 7) is 1.66. The Kier molecular flexibility index (Phi) is 4.78. The van der Waals surface area contributed by atoms with Crippen LogP contribution >= 0.6 is 0 Å². The molecule has 23 heavy (non-hydrogen) atoms. The number of oxazole rings is 1. The molecule has 124 valence electrons. The first-order valence-electron chi connectivity index (χ1n) is 7.64. The maximum Gasteiger partial charge on any atom is 0.298 e. The SMILES string of the molecule is NC/C(=C/F)COc1ccc2nc(N3CCC(O)CC3)oc2c1.